The highest BCUT2D eigenvalue weighted by molar-refractivity contribution is 6.31. The van der Waals surface area contributed by atoms with Crippen LogP contribution in [0.25, 0.3) is 21.8 Å². The molecule has 0 bridgehead atoms. The van der Waals surface area contributed by atoms with E-state index in [1.165, 1.54) is 18.2 Å². The maximum absolute atomic E-state index is 13.5. The van der Waals surface area contributed by atoms with Gasteiger partial charge in [-0.25, -0.2) is 9.37 Å². The molecule has 5 rings (SSSR count). The summed E-state index contributed by atoms with van der Waals surface area (Å²) in [6.07, 6.45) is 2.67. The number of nitrogens with zero attached hydrogens (tertiary/aromatic N) is 3. The lowest BCUT2D eigenvalue weighted by Crippen LogP contribution is -2.35. The second-order valence-corrected chi connectivity index (χ2v) is 8.28. The zero-order valence-corrected chi connectivity index (χ0v) is 17.0. The van der Waals surface area contributed by atoms with Gasteiger partial charge in [-0.2, -0.15) is 5.10 Å². The second kappa shape index (κ2) is 7.81. The van der Waals surface area contributed by atoms with Gasteiger partial charge in [0.2, 0.25) is 0 Å². The number of piperidine rings is 1. The number of hydrogen-bond acceptors (Lipinski definition) is 4. The SMILES string of the molecule is O=c1[nH]c(C2CCN(CCc3[nH]nc4ccc(Cl)cc34)CC2)nc2cc(F)ccc12. The lowest BCUT2D eigenvalue weighted by molar-refractivity contribution is 0.211. The molecule has 0 atom stereocenters. The third-order valence-corrected chi connectivity index (χ3v) is 6.17. The number of fused-ring (bicyclic) bond motifs is 2. The largest absolute Gasteiger partial charge is 0.310 e. The first-order valence-electron chi connectivity index (χ1n) is 10.1. The lowest BCUT2D eigenvalue weighted by Gasteiger charge is -2.31. The zero-order valence-electron chi connectivity index (χ0n) is 16.3. The Kier molecular flexibility index (Phi) is 5.00. The highest BCUT2D eigenvalue weighted by Crippen LogP contribution is 2.27. The molecule has 0 radical (unpaired) electrons. The van der Waals surface area contributed by atoms with E-state index in [9.17, 15) is 9.18 Å². The molecule has 0 spiro atoms. The van der Waals surface area contributed by atoms with Gasteiger partial charge in [0.05, 0.1) is 16.4 Å². The van der Waals surface area contributed by atoms with Crippen molar-refractivity contribution in [2.24, 2.45) is 0 Å². The monoisotopic (exact) mass is 425 g/mol. The Morgan fingerprint density at radius 2 is 1.93 bits per heavy atom. The van der Waals surface area contributed by atoms with Gasteiger partial charge in [0.15, 0.2) is 0 Å². The van der Waals surface area contributed by atoms with Gasteiger partial charge in [-0.05, 0) is 56.3 Å². The van der Waals surface area contributed by atoms with Crippen LogP contribution >= 0.6 is 11.6 Å². The van der Waals surface area contributed by atoms with E-state index in [4.69, 9.17) is 11.6 Å². The maximum Gasteiger partial charge on any atom is 0.258 e. The Balaban J connectivity index is 1.25. The van der Waals surface area contributed by atoms with E-state index in [0.717, 1.165) is 55.5 Å². The van der Waals surface area contributed by atoms with Crippen LogP contribution in [0, 0.1) is 5.82 Å². The minimum Gasteiger partial charge on any atom is -0.310 e. The van der Waals surface area contributed by atoms with Crippen molar-refractivity contribution in [3.63, 3.8) is 0 Å². The number of nitrogens with one attached hydrogen (secondary N) is 2. The van der Waals surface area contributed by atoms with Gasteiger partial charge in [0.1, 0.15) is 11.6 Å². The van der Waals surface area contributed by atoms with Crippen LogP contribution < -0.4 is 5.56 Å². The van der Waals surface area contributed by atoms with Crippen LogP contribution in [0.1, 0.15) is 30.3 Å². The molecule has 6 nitrogen and oxygen atoms in total. The molecule has 3 heterocycles. The fraction of sp³-hybridized carbons (Fsp3) is 0.318. The first kappa shape index (κ1) is 19.2. The summed E-state index contributed by atoms with van der Waals surface area (Å²) in [5.74, 6) is 0.453. The van der Waals surface area contributed by atoms with Crippen molar-refractivity contribution < 1.29 is 4.39 Å². The van der Waals surface area contributed by atoms with E-state index in [2.05, 4.69) is 25.1 Å². The van der Waals surface area contributed by atoms with Crippen molar-refractivity contribution in [1.82, 2.24) is 25.1 Å². The predicted molar refractivity (Wildman–Crippen MR) is 116 cm³/mol. The molecule has 2 aromatic carbocycles. The summed E-state index contributed by atoms with van der Waals surface area (Å²) < 4.78 is 13.5. The molecule has 1 aliphatic rings. The molecule has 0 unspecified atom stereocenters. The molecule has 2 N–H and O–H groups in total. The second-order valence-electron chi connectivity index (χ2n) is 7.84. The number of aromatic nitrogens is 4. The van der Waals surface area contributed by atoms with Crippen LogP contribution in [-0.2, 0) is 6.42 Å². The molecule has 1 fully saturated rings. The van der Waals surface area contributed by atoms with E-state index in [-0.39, 0.29) is 17.3 Å². The highest BCUT2D eigenvalue weighted by Gasteiger charge is 2.23. The van der Waals surface area contributed by atoms with E-state index in [1.54, 1.807) is 0 Å². The molecule has 0 amide bonds. The Morgan fingerprint density at radius 3 is 2.77 bits per heavy atom. The Hall–Kier alpha value is -2.77. The number of aromatic amines is 2. The van der Waals surface area contributed by atoms with Crippen molar-refractivity contribution in [2.75, 3.05) is 19.6 Å². The average Bonchev–Trinajstić information content (AvgIpc) is 3.14. The quantitative estimate of drug-likeness (QED) is 0.517. The summed E-state index contributed by atoms with van der Waals surface area (Å²) in [4.78, 5) is 22.2. The minimum atomic E-state index is -0.381. The summed E-state index contributed by atoms with van der Waals surface area (Å²) in [6, 6.07) is 9.81. The fourth-order valence-electron chi connectivity index (χ4n) is 4.25. The van der Waals surface area contributed by atoms with Gasteiger partial charge in [-0.3, -0.25) is 9.89 Å². The summed E-state index contributed by atoms with van der Waals surface area (Å²) >= 11 is 6.12. The number of likely N-dealkylation sites (tertiary alicyclic amines) is 1. The van der Waals surface area contributed by atoms with Crippen LogP contribution in [-0.4, -0.2) is 44.7 Å². The van der Waals surface area contributed by atoms with Crippen LogP contribution in [0.2, 0.25) is 5.02 Å². The Bertz CT molecular complexity index is 1280. The van der Waals surface area contributed by atoms with Crippen molar-refractivity contribution >= 4 is 33.4 Å². The number of H-pyrrole nitrogens is 2. The number of rotatable bonds is 4. The van der Waals surface area contributed by atoms with Gasteiger partial charge in [-0.15, -0.1) is 0 Å². The molecule has 8 heteroatoms. The standard InChI is InChI=1S/C22H21ClFN5O/c23-14-1-4-18-17(11-14)19(28-27-18)7-10-29-8-5-13(6-9-29)21-25-20-12-15(24)2-3-16(20)22(30)26-21/h1-4,11-13H,5-10H2,(H,27,28)(H,25,26,30). The first-order chi connectivity index (χ1) is 14.6. The molecular formula is C22H21ClFN5O. The van der Waals surface area contributed by atoms with Crippen LogP contribution in [0.5, 0.6) is 0 Å². The number of halogens is 2. The minimum absolute atomic E-state index is 0.174. The zero-order chi connectivity index (χ0) is 20.7. The van der Waals surface area contributed by atoms with Gasteiger partial charge in [0.25, 0.3) is 5.56 Å². The molecule has 0 aliphatic carbocycles. The van der Waals surface area contributed by atoms with Crippen molar-refractivity contribution in [3.05, 3.63) is 69.1 Å². The Morgan fingerprint density at radius 1 is 1.10 bits per heavy atom. The molecule has 0 saturated carbocycles. The van der Waals surface area contributed by atoms with Crippen molar-refractivity contribution in [1.29, 1.82) is 0 Å². The average molecular weight is 426 g/mol. The van der Waals surface area contributed by atoms with Gasteiger partial charge in [-0.1, -0.05) is 11.6 Å². The lowest BCUT2D eigenvalue weighted by atomic mass is 9.95. The van der Waals surface area contributed by atoms with E-state index < -0.39 is 0 Å². The van der Waals surface area contributed by atoms with Crippen molar-refractivity contribution in [2.45, 2.75) is 25.2 Å². The fourth-order valence-corrected chi connectivity index (χ4v) is 4.42. The molecule has 4 aromatic rings. The summed E-state index contributed by atoms with van der Waals surface area (Å²) in [5, 5.41) is 9.67. The van der Waals surface area contributed by atoms with Crippen LogP contribution in [0.15, 0.2) is 41.2 Å². The molecular weight excluding hydrogens is 405 g/mol. The highest BCUT2D eigenvalue weighted by atomic mass is 35.5. The summed E-state index contributed by atoms with van der Waals surface area (Å²) in [5.41, 5.74) is 2.23. The van der Waals surface area contributed by atoms with Crippen LogP contribution in [0.3, 0.4) is 0 Å². The summed E-state index contributed by atoms with van der Waals surface area (Å²) in [7, 11) is 0. The van der Waals surface area contributed by atoms with Crippen molar-refractivity contribution in [3.8, 4) is 0 Å². The van der Waals surface area contributed by atoms with E-state index in [0.29, 0.717) is 21.7 Å². The van der Waals surface area contributed by atoms with E-state index in [1.807, 2.05) is 18.2 Å². The third kappa shape index (κ3) is 3.70. The first-order valence-corrected chi connectivity index (χ1v) is 10.5. The van der Waals surface area contributed by atoms with Gasteiger partial charge in [0, 0.05) is 41.1 Å². The molecule has 30 heavy (non-hydrogen) atoms. The van der Waals surface area contributed by atoms with Gasteiger partial charge >= 0.3 is 0 Å². The maximum atomic E-state index is 13.5. The molecule has 1 saturated heterocycles. The summed E-state index contributed by atoms with van der Waals surface area (Å²) in [6.45, 7) is 2.76. The van der Waals surface area contributed by atoms with E-state index >= 15 is 0 Å². The smallest absolute Gasteiger partial charge is 0.258 e. The number of hydrogen-bond donors (Lipinski definition) is 2. The molecule has 2 aromatic heterocycles. The van der Waals surface area contributed by atoms with Crippen LogP contribution in [0.4, 0.5) is 4.39 Å². The third-order valence-electron chi connectivity index (χ3n) is 5.93. The Labute approximate surface area is 177 Å². The normalized spacial score (nSPS) is 15.9. The topological polar surface area (TPSA) is 77.7 Å². The molecule has 1 aliphatic heterocycles. The van der Waals surface area contributed by atoms with Gasteiger partial charge < -0.3 is 9.88 Å². The predicted octanol–water partition coefficient (Wildman–Crippen LogP) is 4.01. The number of benzene rings is 2. The molecule has 154 valence electrons.